The van der Waals surface area contributed by atoms with E-state index in [1.165, 1.54) is 69.9 Å². The SMILES string of the molecule is CCCC(CBr)(CCC)CN1CCC(C)(CC)CC1. The highest BCUT2D eigenvalue weighted by atomic mass is 79.9. The van der Waals surface area contributed by atoms with E-state index in [4.69, 9.17) is 0 Å². The third-order valence-corrected chi connectivity index (χ3v) is 6.51. The van der Waals surface area contributed by atoms with Crippen LogP contribution in [0.4, 0.5) is 0 Å². The van der Waals surface area contributed by atoms with Crippen LogP contribution in [0.15, 0.2) is 0 Å². The predicted octanol–water partition coefficient (Wildman–Crippen LogP) is 5.48. The maximum absolute atomic E-state index is 3.81. The molecule has 0 aromatic heterocycles. The summed E-state index contributed by atoms with van der Waals surface area (Å²) in [6.07, 6.45) is 9.48. The van der Waals surface area contributed by atoms with Crippen molar-refractivity contribution in [2.24, 2.45) is 10.8 Å². The van der Waals surface area contributed by atoms with E-state index in [0.717, 1.165) is 0 Å². The van der Waals surface area contributed by atoms with Crippen LogP contribution in [0.3, 0.4) is 0 Å². The van der Waals surface area contributed by atoms with Crippen LogP contribution in [0.25, 0.3) is 0 Å². The Balaban J connectivity index is 2.56. The zero-order valence-corrected chi connectivity index (χ0v) is 15.2. The maximum atomic E-state index is 3.81. The molecule has 1 aliphatic rings. The van der Waals surface area contributed by atoms with Crippen LogP contribution in [-0.4, -0.2) is 29.9 Å². The lowest BCUT2D eigenvalue weighted by atomic mass is 9.76. The Labute approximate surface area is 129 Å². The molecule has 0 aromatic rings. The number of likely N-dealkylation sites (tertiary alicyclic amines) is 1. The highest BCUT2D eigenvalue weighted by Gasteiger charge is 2.34. The summed E-state index contributed by atoms with van der Waals surface area (Å²) in [5.74, 6) is 0. The van der Waals surface area contributed by atoms with Crippen molar-refractivity contribution >= 4 is 15.9 Å². The smallest absolute Gasteiger partial charge is 0.0100 e. The minimum absolute atomic E-state index is 0.517. The minimum atomic E-state index is 0.517. The number of alkyl halides is 1. The number of nitrogens with zero attached hydrogens (tertiary/aromatic N) is 1. The molecule has 0 radical (unpaired) electrons. The van der Waals surface area contributed by atoms with Gasteiger partial charge in [0.1, 0.15) is 0 Å². The van der Waals surface area contributed by atoms with Gasteiger partial charge in [-0.2, -0.15) is 0 Å². The van der Waals surface area contributed by atoms with E-state index in [9.17, 15) is 0 Å². The van der Waals surface area contributed by atoms with Crippen molar-refractivity contribution in [3.05, 3.63) is 0 Å². The molecule has 0 aromatic carbocycles. The second kappa shape index (κ2) is 8.02. The molecule has 1 heterocycles. The van der Waals surface area contributed by atoms with Gasteiger partial charge in [0.05, 0.1) is 0 Å². The first-order valence-corrected chi connectivity index (χ1v) is 9.43. The first-order valence-electron chi connectivity index (χ1n) is 8.31. The summed E-state index contributed by atoms with van der Waals surface area (Å²) in [4.78, 5) is 2.74. The Hall–Kier alpha value is 0.440. The van der Waals surface area contributed by atoms with Gasteiger partial charge in [-0.1, -0.05) is 62.9 Å². The third-order valence-electron chi connectivity index (χ3n) is 5.32. The van der Waals surface area contributed by atoms with Gasteiger partial charge in [0.25, 0.3) is 0 Å². The first-order chi connectivity index (χ1) is 9.03. The molecule has 0 bridgehead atoms. The van der Waals surface area contributed by atoms with Crippen LogP contribution in [0, 0.1) is 10.8 Å². The molecule has 0 unspecified atom stereocenters. The fourth-order valence-corrected chi connectivity index (χ4v) is 4.34. The zero-order chi connectivity index (χ0) is 14.4. The molecule has 1 aliphatic heterocycles. The zero-order valence-electron chi connectivity index (χ0n) is 13.6. The van der Waals surface area contributed by atoms with Gasteiger partial charge < -0.3 is 4.90 Å². The molecular weight excluding hydrogens is 298 g/mol. The van der Waals surface area contributed by atoms with Gasteiger partial charge >= 0.3 is 0 Å². The monoisotopic (exact) mass is 331 g/mol. The standard InChI is InChI=1S/C17H34BrN/c1-5-8-17(14-18,9-6-2)15-19-12-10-16(4,7-3)11-13-19/h5-15H2,1-4H3. The maximum Gasteiger partial charge on any atom is 0.0100 e. The van der Waals surface area contributed by atoms with Crippen LogP contribution in [-0.2, 0) is 0 Å². The lowest BCUT2D eigenvalue weighted by molar-refractivity contribution is 0.0720. The van der Waals surface area contributed by atoms with Gasteiger partial charge in [0.15, 0.2) is 0 Å². The second-order valence-corrected chi connectivity index (χ2v) is 7.63. The molecule has 19 heavy (non-hydrogen) atoms. The van der Waals surface area contributed by atoms with Crippen LogP contribution < -0.4 is 0 Å². The number of piperidine rings is 1. The topological polar surface area (TPSA) is 3.24 Å². The van der Waals surface area contributed by atoms with Crippen LogP contribution >= 0.6 is 15.9 Å². The van der Waals surface area contributed by atoms with Gasteiger partial charge in [-0.15, -0.1) is 0 Å². The minimum Gasteiger partial charge on any atom is -0.303 e. The Morgan fingerprint density at radius 1 is 1.05 bits per heavy atom. The molecule has 0 amide bonds. The fraction of sp³-hybridized carbons (Fsp3) is 1.00. The van der Waals surface area contributed by atoms with Gasteiger partial charge in [-0.3, -0.25) is 0 Å². The fourth-order valence-electron chi connectivity index (χ4n) is 3.60. The highest BCUT2D eigenvalue weighted by Crippen LogP contribution is 2.38. The van der Waals surface area contributed by atoms with Crippen molar-refractivity contribution in [3.8, 4) is 0 Å². The van der Waals surface area contributed by atoms with E-state index >= 15 is 0 Å². The third kappa shape index (κ3) is 5.04. The summed E-state index contributed by atoms with van der Waals surface area (Å²) in [5.41, 5.74) is 1.13. The van der Waals surface area contributed by atoms with Crippen molar-refractivity contribution in [1.29, 1.82) is 0 Å². The average Bonchev–Trinajstić information content (AvgIpc) is 2.42. The summed E-state index contributed by atoms with van der Waals surface area (Å²) in [6, 6.07) is 0. The number of hydrogen-bond acceptors (Lipinski definition) is 1. The van der Waals surface area contributed by atoms with Crippen LogP contribution in [0.5, 0.6) is 0 Å². The summed E-state index contributed by atoms with van der Waals surface area (Å²) in [5, 5.41) is 1.17. The van der Waals surface area contributed by atoms with Gasteiger partial charge in [-0.25, -0.2) is 0 Å². The van der Waals surface area contributed by atoms with E-state index in [2.05, 4.69) is 48.5 Å². The summed E-state index contributed by atoms with van der Waals surface area (Å²) >= 11 is 3.81. The summed E-state index contributed by atoms with van der Waals surface area (Å²) in [6.45, 7) is 13.4. The summed E-state index contributed by atoms with van der Waals surface area (Å²) in [7, 11) is 0. The second-order valence-electron chi connectivity index (χ2n) is 7.07. The highest BCUT2D eigenvalue weighted by molar-refractivity contribution is 9.09. The van der Waals surface area contributed by atoms with Crippen LogP contribution in [0.1, 0.15) is 72.6 Å². The van der Waals surface area contributed by atoms with E-state index < -0.39 is 0 Å². The molecule has 1 saturated heterocycles. The average molecular weight is 332 g/mol. The van der Waals surface area contributed by atoms with Crippen molar-refractivity contribution < 1.29 is 0 Å². The molecule has 1 rings (SSSR count). The van der Waals surface area contributed by atoms with Crippen LogP contribution in [0.2, 0.25) is 0 Å². The lowest BCUT2D eigenvalue weighted by Crippen LogP contribution is -2.45. The molecule has 0 N–H and O–H groups in total. The van der Waals surface area contributed by atoms with Gasteiger partial charge in [0.2, 0.25) is 0 Å². The molecular formula is C17H34BrN. The van der Waals surface area contributed by atoms with Gasteiger partial charge in [-0.05, 0) is 49.6 Å². The molecule has 0 aliphatic carbocycles. The van der Waals surface area contributed by atoms with Gasteiger partial charge in [0, 0.05) is 11.9 Å². The quantitative estimate of drug-likeness (QED) is 0.532. The Bertz CT molecular complexity index is 238. The number of rotatable bonds is 8. The van der Waals surface area contributed by atoms with E-state index in [1.807, 2.05) is 0 Å². The van der Waals surface area contributed by atoms with Crippen molar-refractivity contribution in [2.75, 3.05) is 25.0 Å². The van der Waals surface area contributed by atoms with E-state index in [1.54, 1.807) is 0 Å². The molecule has 0 spiro atoms. The first kappa shape index (κ1) is 17.5. The Morgan fingerprint density at radius 3 is 1.95 bits per heavy atom. The number of hydrogen-bond donors (Lipinski definition) is 0. The van der Waals surface area contributed by atoms with Crippen molar-refractivity contribution in [2.45, 2.75) is 72.6 Å². The normalized spacial score (nSPS) is 20.7. The molecule has 2 heteroatoms. The Kier molecular flexibility index (Phi) is 7.39. The molecule has 1 fully saturated rings. The van der Waals surface area contributed by atoms with E-state index in [0.29, 0.717) is 10.8 Å². The molecule has 0 atom stereocenters. The largest absolute Gasteiger partial charge is 0.303 e. The van der Waals surface area contributed by atoms with E-state index in [-0.39, 0.29) is 0 Å². The van der Waals surface area contributed by atoms with Crippen molar-refractivity contribution in [1.82, 2.24) is 4.90 Å². The molecule has 1 nitrogen and oxygen atoms in total. The predicted molar refractivity (Wildman–Crippen MR) is 90.1 cm³/mol. The Morgan fingerprint density at radius 2 is 1.58 bits per heavy atom. The molecule has 0 saturated carbocycles. The number of halogens is 1. The molecule has 114 valence electrons. The van der Waals surface area contributed by atoms with Crippen molar-refractivity contribution in [3.63, 3.8) is 0 Å². The summed E-state index contributed by atoms with van der Waals surface area (Å²) < 4.78 is 0. The lowest BCUT2D eigenvalue weighted by Gasteiger charge is -2.43.